The smallest absolute Gasteiger partial charge is 0.0478 e. The monoisotopic (exact) mass is 520 g/mol. The van der Waals surface area contributed by atoms with E-state index in [1.807, 2.05) is 0 Å². The van der Waals surface area contributed by atoms with Crippen molar-refractivity contribution in [2.24, 2.45) is 0 Å². The van der Waals surface area contributed by atoms with Crippen molar-refractivity contribution in [1.82, 2.24) is 0 Å². The number of rotatable bonds is 4. The van der Waals surface area contributed by atoms with Crippen LogP contribution in [0.4, 0.5) is 11.4 Å². The van der Waals surface area contributed by atoms with Gasteiger partial charge in [0.25, 0.3) is 0 Å². The van der Waals surface area contributed by atoms with Gasteiger partial charge >= 0.3 is 0 Å². The lowest BCUT2D eigenvalue weighted by molar-refractivity contribution is 0.636. The molecule has 2 nitrogen and oxygen atoms in total. The molecule has 0 fully saturated rings. The number of hydrogen-bond donors (Lipinski definition) is 0. The van der Waals surface area contributed by atoms with Crippen molar-refractivity contribution in [3.63, 3.8) is 0 Å². The standard InChI is InChI=1S/C38H36N2/c1-25-37(3,4)35-31-13-9-7-11-29(31)19-21-33(35)39(25)23-27-15-17-28(18-16-27)24-40-26(2)38(5,6)36-32-14-10-8-12-30(32)20-22-34(36)40/h7-22H,1-2,23-24H2,3-6H3. The summed E-state index contributed by atoms with van der Waals surface area (Å²) in [4.78, 5) is 4.81. The molecule has 0 saturated heterocycles. The third kappa shape index (κ3) is 3.48. The van der Waals surface area contributed by atoms with Gasteiger partial charge in [-0.25, -0.2) is 0 Å². The molecule has 0 unspecified atom stereocenters. The molecule has 7 rings (SSSR count). The van der Waals surface area contributed by atoms with E-state index in [2.05, 4.69) is 148 Å². The van der Waals surface area contributed by atoms with Gasteiger partial charge < -0.3 is 9.80 Å². The highest BCUT2D eigenvalue weighted by Crippen LogP contribution is 2.52. The van der Waals surface area contributed by atoms with Crippen LogP contribution >= 0.6 is 0 Å². The van der Waals surface area contributed by atoms with Gasteiger partial charge in [0.05, 0.1) is 0 Å². The largest absolute Gasteiger partial charge is 0.340 e. The first-order chi connectivity index (χ1) is 19.2. The lowest BCUT2D eigenvalue weighted by Gasteiger charge is -2.27. The van der Waals surface area contributed by atoms with E-state index >= 15 is 0 Å². The summed E-state index contributed by atoms with van der Waals surface area (Å²) in [7, 11) is 0. The predicted octanol–water partition coefficient (Wildman–Crippen LogP) is 9.62. The fourth-order valence-electron chi connectivity index (χ4n) is 7.01. The van der Waals surface area contributed by atoms with Gasteiger partial charge in [-0.2, -0.15) is 0 Å². The third-order valence-electron chi connectivity index (χ3n) is 9.44. The van der Waals surface area contributed by atoms with E-state index in [-0.39, 0.29) is 10.8 Å². The van der Waals surface area contributed by atoms with Crippen LogP contribution in [0.3, 0.4) is 0 Å². The van der Waals surface area contributed by atoms with Crippen LogP contribution in [0, 0.1) is 0 Å². The Morgan fingerprint density at radius 2 is 0.875 bits per heavy atom. The molecule has 2 aliphatic heterocycles. The normalized spacial score (nSPS) is 17.1. The first-order valence-electron chi connectivity index (χ1n) is 14.2. The number of anilines is 2. The van der Waals surface area contributed by atoms with Crippen molar-refractivity contribution in [2.75, 3.05) is 9.80 Å². The summed E-state index contributed by atoms with van der Waals surface area (Å²) >= 11 is 0. The molecule has 0 atom stereocenters. The highest BCUT2D eigenvalue weighted by Gasteiger charge is 2.41. The molecule has 2 heterocycles. The predicted molar refractivity (Wildman–Crippen MR) is 171 cm³/mol. The molecule has 0 aromatic heterocycles. The zero-order valence-corrected chi connectivity index (χ0v) is 24.0. The maximum absolute atomic E-state index is 4.57. The molecular formula is C38H36N2. The summed E-state index contributed by atoms with van der Waals surface area (Å²) in [6, 6.07) is 35.5. The van der Waals surface area contributed by atoms with Crippen LogP contribution in [-0.2, 0) is 23.9 Å². The third-order valence-corrected chi connectivity index (χ3v) is 9.44. The van der Waals surface area contributed by atoms with Gasteiger partial charge in [-0.15, -0.1) is 0 Å². The molecule has 2 aliphatic rings. The fraction of sp³-hybridized carbons (Fsp3) is 0.211. The number of hydrogen-bond acceptors (Lipinski definition) is 2. The molecule has 0 N–H and O–H groups in total. The van der Waals surface area contributed by atoms with Gasteiger partial charge in [-0.3, -0.25) is 0 Å². The fourth-order valence-corrected chi connectivity index (χ4v) is 7.01. The average Bonchev–Trinajstić information content (AvgIpc) is 3.28. The van der Waals surface area contributed by atoms with E-state index in [0.717, 1.165) is 24.5 Å². The van der Waals surface area contributed by atoms with Crippen LogP contribution in [0.2, 0.25) is 0 Å². The van der Waals surface area contributed by atoms with Gasteiger partial charge in [0.15, 0.2) is 0 Å². The minimum absolute atomic E-state index is 0.114. The van der Waals surface area contributed by atoms with Crippen molar-refractivity contribution < 1.29 is 0 Å². The first kappa shape index (κ1) is 24.7. The van der Waals surface area contributed by atoms with E-state index < -0.39 is 0 Å². The summed E-state index contributed by atoms with van der Waals surface area (Å²) in [5, 5.41) is 5.22. The minimum Gasteiger partial charge on any atom is -0.340 e. The molecule has 5 aromatic carbocycles. The van der Waals surface area contributed by atoms with E-state index in [4.69, 9.17) is 0 Å². The summed E-state index contributed by atoms with van der Waals surface area (Å²) in [5.41, 5.74) is 9.97. The van der Waals surface area contributed by atoms with Gasteiger partial charge in [0.1, 0.15) is 0 Å². The Balaban J connectivity index is 1.17. The van der Waals surface area contributed by atoms with Crippen molar-refractivity contribution in [3.8, 4) is 0 Å². The number of nitrogens with zero attached hydrogens (tertiary/aromatic N) is 2. The zero-order chi connectivity index (χ0) is 27.8. The topological polar surface area (TPSA) is 6.48 Å². The van der Waals surface area contributed by atoms with E-state index in [1.54, 1.807) is 0 Å². The Labute approximate surface area is 237 Å². The molecule has 0 saturated carbocycles. The van der Waals surface area contributed by atoms with Crippen LogP contribution in [0.5, 0.6) is 0 Å². The molecule has 0 aliphatic carbocycles. The number of fused-ring (bicyclic) bond motifs is 6. The summed E-state index contributed by atoms with van der Waals surface area (Å²) in [6.07, 6.45) is 0. The van der Waals surface area contributed by atoms with Gasteiger partial charge in [0, 0.05) is 46.7 Å². The molecule has 0 radical (unpaired) electrons. The van der Waals surface area contributed by atoms with Crippen LogP contribution in [-0.4, -0.2) is 0 Å². The second-order valence-electron chi connectivity index (χ2n) is 12.5. The zero-order valence-electron chi connectivity index (χ0n) is 24.0. The Morgan fingerprint density at radius 3 is 1.27 bits per heavy atom. The maximum Gasteiger partial charge on any atom is 0.0478 e. The molecule has 0 bridgehead atoms. The summed E-state index contributed by atoms with van der Waals surface area (Å²) < 4.78 is 0. The molecule has 0 spiro atoms. The van der Waals surface area contributed by atoms with Gasteiger partial charge in [0.2, 0.25) is 0 Å². The molecule has 2 heteroatoms. The number of benzene rings is 5. The van der Waals surface area contributed by atoms with Crippen molar-refractivity contribution in [3.05, 3.63) is 144 Å². The molecule has 5 aromatic rings. The highest BCUT2D eigenvalue weighted by atomic mass is 15.2. The molecule has 0 amide bonds. The van der Waals surface area contributed by atoms with Gasteiger partial charge in [-0.1, -0.05) is 126 Å². The second kappa shape index (κ2) is 8.60. The Hall–Kier alpha value is -4.30. The van der Waals surface area contributed by atoms with E-state index in [0.29, 0.717) is 0 Å². The number of allylic oxidation sites excluding steroid dienone is 2. The van der Waals surface area contributed by atoms with Crippen LogP contribution in [0.25, 0.3) is 21.5 Å². The van der Waals surface area contributed by atoms with E-state index in [9.17, 15) is 0 Å². The minimum atomic E-state index is -0.114. The molecule has 198 valence electrons. The maximum atomic E-state index is 4.57. The second-order valence-corrected chi connectivity index (χ2v) is 12.5. The molecule has 40 heavy (non-hydrogen) atoms. The lowest BCUT2D eigenvalue weighted by Crippen LogP contribution is -2.25. The highest BCUT2D eigenvalue weighted by molar-refractivity contribution is 5.95. The average molecular weight is 521 g/mol. The Bertz CT molecular complexity index is 1700. The van der Waals surface area contributed by atoms with Crippen molar-refractivity contribution in [2.45, 2.75) is 51.6 Å². The summed E-state index contributed by atoms with van der Waals surface area (Å²) in [5.74, 6) is 0. The molecular weight excluding hydrogens is 484 g/mol. The van der Waals surface area contributed by atoms with Crippen LogP contribution < -0.4 is 9.80 Å². The summed E-state index contributed by atoms with van der Waals surface area (Å²) in [6.45, 7) is 20.0. The van der Waals surface area contributed by atoms with Crippen LogP contribution in [0.15, 0.2) is 122 Å². The van der Waals surface area contributed by atoms with Crippen molar-refractivity contribution in [1.29, 1.82) is 0 Å². The Kier molecular flexibility index (Phi) is 5.31. The van der Waals surface area contributed by atoms with Crippen LogP contribution in [0.1, 0.15) is 49.9 Å². The van der Waals surface area contributed by atoms with E-state index in [1.165, 1.54) is 55.2 Å². The quantitative estimate of drug-likeness (QED) is 0.233. The lowest BCUT2D eigenvalue weighted by atomic mass is 9.82. The van der Waals surface area contributed by atoms with Gasteiger partial charge in [-0.05, 0) is 55.9 Å². The Morgan fingerprint density at radius 1 is 0.500 bits per heavy atom. The van der Waals surface area contributed by atoms with Crippen molar-refractivity contribution >= 4 is 32.9 Å². The SMILES string of the molecule is C=C1N(Cc2ccc(CN3C(=C)C(C)(C)c4c3ccc3ccccc43)cc2)c2ccc3ccccc3c2C1(C)C. The first-order valence-corrected chi connectivity index (χ1v) is 14.2.